The molecule has 0 aromatic carbocycles. The minimum atomic E-state index is 0.797. The quantitative estimate of drug-likeness (QED) is 0.255. The van der Waals surface area contributed by atoms with Crippen LogP contribution in [0.1, 0.15) is 39.0 Å². The van der Waals surface area contributed by atoms with Gasteiger partial charge in [0.1, 0.15) is 17.0 Å². The minimum Gasteiger partial charge on any atom is -0.358 e. The molecule has 0 spiro atoms. The molecule has 8 nitrogen and oxygen atoms in total. The number of allylic oxidation sites excluding steroid dienone is 1. The van der Waals surface area contributed by atoms with Crippen molar-refractivity contribution in [3.63, 3.8) is 0 Å². The zero-order valence-electron chi connectivity index (χ0n) is 20.5. The summed E-state index contributed by atoms with van der Waals surface area (Å²) < 4.78 is 0. The molecule has 1 aliphatic rings. The Morgan fingerprint density at radius 3 is 2.83 bits per heavy atom. The van der Waals surface area contributed by atoms with Crippen molar-refractivity contribution in [3.05, 3.63) is 61.2 Å². The van der Waals surface area contributed by atoms with Crippen LogP contribution in [0, 0.1) is 0 Å². The number of aromatic nitrogens is 6. The van der Waals surface area contributed by atoms with E-state index in [1.165, 1.54) is 19.3 Å². The average Bonchev–Trinajstić information content (AvgIpc) is 3.53. The van der Waals surface area contributed by atoms with E-state index in [-0.39, 0.29) is 0 Å². The second kappa shape index (κ2) is 9.45. The summed E-state index contributed by atoms with van der Waals surface area (Å²) in [6, 6.07) is 10.3. The minimum absolute atomic E-state index is 0.797. The molecule has 6 rings (SSSR count). The highest BCUT2D eigenvalue weighted by Gasteiger charge is 2.19. The summed E-state index contributed by atoms with van der Waals surface area (Å²) in [5.74, 6) is 1.04. The predicted molar refractivity (Wildman–Crippen MR) is 146 cm³/mol. The van der Waals surface area contributed by atoms with Crippen LogP contribution in [0.4, 0.5) is 11.5 Å². The molecule has 182 valence electrons. The molecule has 5 aromatic rings. The Bertz CT molecular complexity index is 1540. The van der Waals surface area contributed by atoms with E-state index in [1.54, 1.807) is 0 Å². The van der Waals surface area contributed by atoms with Gasteiger partial charge in [-0.2, -0.15) is 5.10 Å². The number of piperidine rings is 1. The molecule has 6 heterocycles. The maximum Gasteiger partial charge on any atom is 0.137 e. The lowest BCUT2D eigenvalue weighted by Gasteiger charge is -2.28. The van der Waals surface area contributed by atoms with E-state index in [4.69, 9.17) is 9.97 Å². The molecule has 0 atom stereocenters. The largest absolute Gasteiger partial charge is 0.358 e. The Morgan fingerprint density at radius 2 is 1.97 bits per heavy atom. The van der Waals surface area contributed by atoms with Gasteiger partial charge in [-0.05, 0) is 56.0 Å². The highest BCUT2D eigenvalue weighted by atomic mass is 15.2. The highest BCUT2D eigenvalue weighted by Crippen LogP contribution is 2.33. The standard InChI is InChI=1S/C28H30N8/c1-3-7-18(2)31-20-14-19(16-29-17-20)22-8-9-24-26(33-22)27(35-34-24)25-15-21-23(32-25)10-11-30-28(21)36-12-5-4-6-13-36/h8-11,14-17,31-32H,2-7,12-13H2,1H3,(H,34,35). The Kier molecular flexibility index (Phi) is 5.85. The van der Waals surface area contributed by atoms with Crippen molar-refractivity contribution in [2.45, 2.75) is 39.0 Å². The number of fused-ring (bicyclic) bond motifs is 2. The second-order valence-electron chi connectivity index (χ2n) is 9.43. The fraction of sp³-hybridized carbons (Fsp3) is 0.286. The van der Waals surface area contributed by atoms with Crippen LogP contribution in [-0.2, 0) is 0 Å². The van der Waals surface area contributed by atoms with Crippen LogP contribution in [0.15, 0.2) is 61.2 Å². The summed E-state index contributed by atoms with van der Waals surface area (Å²) in [5, 5.41) is 12.2. The lowest BCUT2D eigenvalue weighted by atomic mass is 10.1. The first-order valence-corrected chi connectivity index (χ1v) is 12.7. The van der Waals surface area contributed by atoms with Crippen molar-refractivity contribution in [1.82, 2.24) is 30.1 Å². The molecular formula is C28H30N8. The van der Waals surface area contributed by atoms with Crippen molar-refractivity contribution in [2.24, 2.45) is 0 Å². The molecule has 0 amide bonds. The zero-order valence-corrected chi connectivity index (χ0v) is 20.5. The van der Waals surface area contributed by atoms with E-state index >= 15 is 0 Å². The van der Waals surface area contributed by atoms with Gasteiger partial charge in [0.2, 0.25) is 0 Å². The first-order valence-electron chi connectivity index (χ1n) is 12.7. The summed E-state index contributed by atoms with van der Waals surface area (Å²) in [4.78, 5) is 20.1. The van der Waals surface area contributed by atoms with Gasteiger partial charge in [0.15, 0.2) is 0 Å². The summed E-state index contributed by atoms with van der Waals surface area (Å²) >= 11 is 0. The first kappa shape index (κ1) is 22.3. The van der Waals surface area contributed by atoms with Gasteiger partial charge in [0, 0.05) is 42.1 Å². The van der Waals surface area contributed by atoms with E-state index in [2.05, 4.69) is 56.0 Å². The highest BCUT2D eigenvalue weighted by molar-refractivity contribution is 5.98. The molecule has 5 aromatic heterocycles. The third kappa shape index (κ3) is 4.19. The van der Waals surface area contributed by atoms with Gasteiger partial charge in [-0.15, -0.1) is 0 Å². The Hall–Kier alpha value is -4.20. The SMILES string of the molecule is C=C(CCC)Nc1cncc(-c2ccc3[nH]nc(-c4cc5c(N6CCCCC6)nccc5[nH]4)c3n2)c1. The number of nitrogens with zero attached hydrogens (tertiary/aromatic N) is 5. The van der Waals surface area contributed by atoms with Gasteiger partial charge >= 0.3 is 0 Å². The number of anilines is 2. The topological polar surface area (TPSA) is 98.4 Å². The van der Waals surface area contributed by atoms with Crippen molar-refractivity contribution in [1.29, 1.82) is 0 Å². The van der Waals surface area contributed by atoms with E-state index in [0.29, 0.717) is 0 Å². The smallest absolute Gasteiger partial charge is 0.137 e. The first-order chi connectivity index (χ1) is 17.7. The van der Waals surface area contributed by atoms with Crippen LogP contribution < -0.4 is 10.2 Å². The van der Waals surface area contributed by atoms with Crippen molar-refractivity contribution in [3.8, 4) is 22.6 Å². The number of rotatable bonds is 7. The number of aromatic amines is 2. The van der Waals surface area contributed by atoms with Crippen molar-refractivity contribution < 1.29 is 0 Å². The third-order valence-corrected chi connectivity index (χ3v) is 6.75. The summed E-state index contributed by atoms with van der Waals surface area (Å²) in [6.07, 6.45) is 11.2. The fourth-order valence-electron chi connectivity index (χ4n) is 4.99. The Labute approximate surface area is 209 Å². The van der Waals surface area contributed by atoms with Gasteiger partial charge in [-0.25, -0.2) is 9.97 Å². The summed E-state index contributed by atoms with van der Waals surface area (Å²) in [5.41, 5.74) is 8.16. The second-order valence-corrected chi connectivity index (χ2v) is 9.43. The molecule has 0 saturated carbocycles. The molecule has 1 fully saturated rings. The molecule has 36 heavy (non-hydrogen) atoms. The molecule has 1 aliphatic heterocycles. The van der Waals surface area contributed by atoms with Gasteiger partial charge in [-0.1, -0.05) is 19.9 Å². The molecule has 0 unspecified atom stereocenters. The average molecular weight is 479 g/mol. The number of pyridine rings is 3. The number of hydrogen-bond acceptors (Lipinski definition) is 6. The van der Waals surface area contributed by atoms with E-state index in [9.17, 15) is 0 Å². The number of hydrogen-bond donors (Lipinski definition) is 3. The van der Waals surface area contributed by atoms with Gasteiger partial charge in [-0.3, -0.25) is 10.1 Å². The van der Waals surface area contributed by atoms with Gasteiger partial charge < -0.3 is 15.2 Å². The lowest BCUT2D eigenvalue weighted by molar-refractivity contribution is 0.575. The fourth-order valence-corrected chi connectivity index (χ4v) is 4.99. The lowest BCUT2D eigenvalue weighted by Crippen LogP contribution is -2.30. The molecular weight excluding hydrogens is 448 g/mol. The molecule has 8 heteroatoms. The summed E-state index contributed by atoms with van der Waals surface area (Å²) in [7, 11) is 0. The van der Waals surface area contributed by atoms with Crippen LogP contribution in [0.5, 0.6) is 0 Å². The summed E-state index contributed by atoms with van der Waals surface area (Å²) in [6.45, 7) is 8.34. The maximum absolute atomic E-state index is 4.99. The molecule has 0 radical (unpaired) electrons. The van der Waals surface area contributed by atoms with E-state index in [1.807, 2.05) is 36.8 Å². The molecule has 1 saturated heterocycles. The van der Waals surface area contributed by atoms with E-state index in [0.717, 1.165) is 87.7 Å². The monoisotopic (exact) mass is 478 g/mol. The van der Waals surface area contributed by atoms with Gasteiger partial charge in [0.25, 0.3) is 0 Å². The number of nitrogens with one attached hydrogen (secondary N) is 3. The van der Waals surface area contributed by atoms with E-state index < -0.39 is 0 Å². The van der Waals surface area contributed by atoms with Crippen LogP contribution in [0.25, 0.3) is 44.6 Å². The molecule has 3 N–H and O–H groups in total. The molecule has 0 bridgehead atoms. The van der Waals surface area contributed by atoms with Crippen LogP contribution in [-0.4, -0.2) is 43.2 Å². The van der Waals surface area contributed by atoms with Crippen LogP contribution in [0.3, 0.4) is 0 Å². The third-order valence-electron chi connectivity index (χ3n) is 6.75. The molecule has 0 aliphatic carbocycles. The van der Waals surface area contributed by atoms with Crippen LogP contribution in [0.2, 0.25) is 0 Å². The number of H-pyrrole nitrogens is 2. The Morgan fingerprint density at radius 1 is 1.08 bits per heavy atom. The van der Waals surface area contributed by atoms with Crippen molar-refractivity contribution in [2.75, 3.05) is 23.3 Å². The Balaban J connectivity index is 1.37. The van der Waals surface area contributed by atoms with Crippen molar-refractivity contribution >= 4 is 33.4 Å². The zero-order chi connectivity index (χ0) is 24.5. The predicted octanol–water partition coefficient (Wildman–Crippen LogP) is 6.28. The maximum atomic E-state index is 4.99. The van der Waals surface area contributed by atoms with Crippen LogP contribution >= 0.6 is 0 Å². The normalized spacial score (nSPS) is 14.0. The van der Waals surface area contributed by atoms with Gasteiger partial charge in [0.05, 0.1) is 34.3 Å².